The van der Waals surface area contributed by atoms with Gasteiger partial charge in [0.25, 0.3) is 0 Å². The molecule has 0 radical (unpaired) electrons. The van der Waals surface area contributed by atoms with Gasteiger partial charge < -0.3 is 20.1 Å². The molecule has 1 atom stereocenters. The van der Waals surface area contributed by atoms with Gasteiger partial charge in [-0.3, -0.25) is 0 Å². The Morgan fingerprint density at radius 2 is 1.53 bits per heavy atom. The van der Waals surface area contributed by atoms with Crippen LogP contribution >= 0.6 is 0 Å². The maximum Gasteiger partial charge on any atom is 0.407 e. The van der Waals surface area contributed by atoms with Crippen LogP contribution < -0.4 is 10.6 Å². The van der Waals surface area contributed by atoms with Crippen molar-refractivity contribution < 1.29 is 19.1 Å². The summed E-state index contributed by atoms with van der Waals surface area (Å²) in [5.74, 6) is 0.0578. The molecule has 1 aliphatic rings. The Labute approximate surface area is 190 Å². The summed E-state index contributed by atoms with van der Waals surface area (Å²) in [5, 5.41) is 5.66. The fraction of sp³-hybridized carbons (Fsp3) is 0.462. The first-order chi connectivity index (χ1) is 15.2. The first kappa shape index (κ1) is 23.6. The normalized spacial score (nSPS) is 13.6. The molecule has 2 amide bonds. The van der Waals surface area contributed by atoms with E-state index in [2.05, 4.69) is 34.9 Å². The van der Waals surface area contributed by atoms with E-state index in [4.69, 9.17) is 9.47 Å². The van der Waals surface area contributed by atoms with Crippen molar-refractivity contribution in [2.75, 3.05) is 13.2 Å². The summed E-state index contributed by atoms with van der Waals surface area (Å²) in [4.78, 5) is 24.0. The Balaban J connectivity index is 1.38. The van der Waals surface area contributed by atoms with Crippen LogP contribution in [0.2, 0.25) is 0 Å². The first-order valence-electron chi connectivity index (χ1n) is 11.3. The fourth-order valence-electron chi connectivity index (χ4n) is 3.99. The minimum Gasteiger partial charge on any atom is -0.449 e. The van der Waals surface area contributed by atoms with Crippen molar-refractivity contribution in [1.82, 2.24) is 10.6 Å². The zero-order valence-corrected chi connectivity index (χ0v) is 19.4. The van der Waals surface area contributed by atoms with Crippen LogP contribution in [0.1, 0.15) is 64.0 Å². The lowest BCUT2D eigenvalue weighted by Crippen LogP contribution is -2.34. The van der Waals surface area contributed by atoms with Gasteiger partial charge in [-0.1, -0.05) is 48.5 Å². The number of fused-ring (bicyclic) bond motifs is 3. The van der Waals surface area contributed by atoms with Crippen LogP contribution in [0.4, 0.5) is 9.59 Å². The molecular formula is C26H34N2O4. The number of hydrogen-bond donors (Lipinski definition) is 2. The van der Waals surface area contributed by atoms with Crippen molar-refractivity contribution in [3.63, 3.8) is 0 Å². The summed E-state index contributed by atoms with van der Waals surface area (Å²) in [6.07, 6.45) is 1.70. The van der Waals surface area contributed by atoms with E-state index in [9.17, 15) is 9.59 Å². The summed E-state index contributed by atoms with van der Waals surface area (Å²) in [6.45, 7) is 8.33. The SMILES string of the molecule is C[C@H](CCCCNC(=O)OC(C)(C)C)NC(=O)OCC1c2ccccc2-c2ccccc21. The van der Waals surface area contributed by atoms with Gasteiger partial charge in [-0.15, -0.1) is 0 Å². The van der Waals surface area contributed by atoms with Crippen LogP contribution in [0.15, 0.2) is 48.5 Å². The number of amides is 2. The van der Waals surface area contributed by atoms with Gasteiger partial charge in [-0.2, -0.15) is 0 Å². The van der Waals surface area contributed by atoms with Crippen molar-refractivity contribution in [2.45, 2.75) is 64.5 Å². The summed E-state index contributed by atoms with van der Waals surface area (Å²) in [7, 11) is 0. The number of rotatable bonds is 8. The molecule has 3 rings (SSSR count). The maximum absolute atomic E-state index is 12.3. The highest BCUT2D eigenvalue weighted by Crippen LogP contribution is 2.44. The zero-order chi connectivity index (χ0) is 23.1. The molecule has 6 nitrogen and oxygen atoms in total. The predicted molar refractivity (Wildman–Crippen MR) is 126 cm³/mol. The number of hydrogen-bond acceptors (Lipinski definition) is 4. The molecular weight excluding hydrogens is 404 g/mol. The van der Waals surface area contributed by atoms with Gasteiger partial charge in [-0.25, -0.2) is 9.59 Å². The lowest BCUT2D eigenvalue weighted by atomic mass is 9.98. The van der Waals surface area contributed by atoms with Gasteiger partial charge in [-0.05, 0) is 69.2 Å². The van der Waals surface area contributed by atoms with E-state index < -0.39 is 17.8 Å². The van der Waals surface area contributed by atoms with Crippen molar-refractivity contribution in [3.05, 3.63) is 59.7 Å². The number of carbonyl (C=O) groups is 2. The number of alkyl carbamates (subject to hydrolysis) is 2. The molecule has 0 aliphatic heterocycles. The highest BCUT2D eigenvalue weighted by molar-refractivity contribution is 5.79. The summed E-state index contributed by atoms with van der Waals surface area (Å²) in [5.41, 5.74) is 4.33. The van der Waals surface area contributed by atoms with Gasteiger partial charge in [0.1, 0.15) is 12.2 Å². The Kier molecular flexibility index (Phi) is 7.78. The maximum atomic E-state index is 12.3. The molecule has 1 aliphatic carbocycles. The number of nitrogens with one attached hydrogen (secondary N) is 2. The predicted octanol–water partition coefficient (Wildman–Crippen LogP) is 5.61. The molecule has 0 bridgehead atoms. The Hall–Kier alpha value is -3.02. The molecule has 2 aromatic carbocycles. The van der Waals surface area contributed by atoms with Crippen LogP contribution in [-0.2, 0) is 9.47 Å². The largest absolute Gasteiger partial charge is 0.449 e. The quantitative estimate of drug-likeness (QED) is 0.525. The molecule has 0 heterocycles. The summed E-state index contributed by atoms with van der Waals surface area (Å²) >= 11 is 0. The van der Waals surface area contributed by atoms with Crippen molar-refractivity contribution in [1.29, 1.82) is 0 Å². The number of ether oxygens (including phenoxy) is 2. The highest BCUT2D eigenvalue weighted by Gasteiger charge is 2.29. The van der Waals surface area contributed by atoms with E-state index in [-0.39, 0.29) is 12.0 Å². The Morgan fingerprint density at radius 1 is 0.938 bits per heavy atom. The minimum atomic E-state index is -0.495. The van der Waals surface area contributed by atoms with Crippen molar-refractivity contribution >= 4 is 12.2 Å². The van der Waals surface area contributed by atoms with E-state index in [1.165, 1.54) is 22.3 Å². The number of unbranched alkanes of at least 4 members (excludes halogenated alkanes) is 1. The third-order valence-corrected chi connectivity index (χ3v) is 5.44. The van der Waals surface area contributed by atoms with Crippen molar-refractivity contribution in [3.8, 4) is 11.1 Å². The lowest BCUT2D eigenvalue weighted by molar-refractivity contribution is 0.0527. The van der Waals surface area contributed by atoms with Gasteiger partial charge in [0.15, 0.2) is 0 Å². The Bertz CT molecular complexity index is 890. The second kappa shape index (κ2) is 10.5. The van der Waals surface area contributed by atoms with Crippen LogP contribution in [0, 0.1) is 0 Å². The van der Waals surface area contributed by atoms with Crippen LogP contribution in [0.5, 0.6) is 0 Å². The molecule has 32 heavy (non-hydrogen) atoms. The monoisotopic (exact) mass is 438 g/mol. The van der Waals surface area contributed by atoms with Gasteiger partial charge in [0.2, 0.25) is 0 Å². The van der Waals surface area contributed by atoms with E-state index in [0.717, 1.165) is 19.3 Å². The first-order valence-corrected chi connectivity index (χ1v) is 11.3. The second-order valence-electron chi connectivity index (χ2n) is 9.30. The van der Waals surface area contributed by atoms with E-state index in [0.29, 0.717) is 13.2 Å². The average Bonchev–Trinajstić information content (AvgIpc) is 3.04. The highest BCUT2D eigenvalue weighted by atomic mass is 16.6. The molecule has 2 N–H and O–H groups in total. The molecule has 0 aromatic heterocycles. The zero-order valence-electron chi connectivity index (χ0n) is 19.4. The fourth-order valence-corrected chi connectivity index (χ4v) is 3.99. The molecule has 0 spiro atoms. The molecule has 6 heteroatoms. The number of benzene rings is 2. The third kappa shape index (κ3) is 6.49. The van der Waals surface area contributed by atoms with E-state index in [1.54, 1.807) is 0 Å². The summed E-state index contributed by atoms with van der Waals surface area (Å²) < 4.78 is 10.8. The topological polar surface area (TPSA) is 76.7 Å². The molecule has 0 saturated carbocycles. The molecule has 0 saturated heterocycles. The van der Waals surface area contributed by atoms with Crippen LogP contribution in [0.25, 0.3) is 11.1 Å². The minimum absolute atomic E-state index is 0.00724. The Morgan fingerprint density at radius 3 is 2.12 bits per heavy atom. The lowest BCUT2D eigenvalue weighted by Gasteiger charge is -2.19. The standard InChI is InChI=1S/C26H34N2O4/c1-18(11-9-10-16-27-24(29)32-26(2,3)4)28-25(30)31-17-23-21-14-7-5-12-19(21)20-13-6-8-15-22(20)23/h5-8,12-15,18,23H,9-11,16-17H2,1-4H3,(H,27,29)(H,28,30)/t18-/m1/s1. The van der Waals surface area contributed by atoms with Gasteiger partial charge >= 0.3 is 12.2 Å². The number of carbonyl (C=O) groups excluding carboxylic acids is 2. The third-order valence-electron chi connectivity index (χ3n) is 5.44. The van der Waals surface area contributed by atoms with Crippen LogP contribution in [0.3, 0.4) is 0 Å². The van der Waals surface area contributed by atoms with E-state index >= 15 is 0 Å². The molecule has 172 valence electrons. The average molecular weight is 439 g/mol. The van der Waals surface area contributed by atoms with Gasteiger partial charge in [0, 0.05) is 18.5 Å². The second-order valence-corrected chi connectivity index (χ2v) is 9.30. The molecule has 0 fully saturated rings. The molecule has 0 unspecified atom stereocenters. The van der Waals surface area contributed by atoms with Gasteiger partial charge in [0.05, 0.1) is 0 Å². The van der Waals surface area contributed by atoms with Crippen molar-refractivity contribution in [2.24, 2.45) is 0 Å². The van der Waals surface area contributed by atoms with Crippen LogP contribution in [-0.4, -0.2) is 37.0 Å². The van der Waals surface area contributed by atoms with E-state index in [1.807, 2.05) is 52.0 Å². The molecule has 2 aromatic rings. The summed E-state index contributed by atoms with van der Waals surface area (Å²) in [6, 6.07) is 16.6. The smallest absolute Gasteiger partial charge is 0.407 e.